The Balaban J connectivity index is 2.20. The third-order valence-corrected chi connectivity index (χ3v) is 3.06. The fourth-order valence-electron chi connectivity index (χ4n) is 1.70. The van der Waals surface area contributed by atoms with Crippen molar-refractivity contribution < 1.29 is 0 Å². The Hall–Kier alpha value is -1.88. The van der Waals surface area contributed by atoms with E-state index in [2.05, 4.69) is 15.1 Å². The van der Waals surface area contributed by atoms with E-state index in [4.69, 9.17) is 0 Å². The molecule has 2 aromatic heterocycles. The number of benzene rings is 1. The molecule has 0 aliphatic rings. The summed E-state index contributed by atoms with van der Waals surface area (Å²) in [6, 6.07) is 9.93. The van der Waals surface area contributed by atoms with Gasteiger partial charge < -0.3 is 0 Å². The zero-order chi connectivity index (χ0) is 11.7. The zero-order valence-electron chi connectivity index (χ0n) is 9.24. The smallest absolute Gasteiger partial charge is 0.189 e. The summed E-state index contributed by atoms with van der Waals surface area (Å²) in [6.07, 6.45) is 5.56. The number of thioether (sulfide) groups is 1. The highest BCUT2D eigenvalue weighted by atomic mass is 32.2. The molecular weight excluding hydrogens is 232 g/mol. The van der Waals surface area contributed by atoms with Crippen molar-refractivity contribution in [2.24, 2.45) is 0 Å². The van der Waals surface area contributed by atoms with Crippen LogP contribution in [-0.2, 0) is 0 Å². The molecule has 0 N–H and O–H groups in total. The second kappa shape index (κ2) is 4.18. The molecule has 1 aromatic carbocycles. The van der Waals surface area contributed by atoms with Crippen LogP contribution in [0.1, 0.15) is 0 Å². The van der Waals surface area contributed by atoms with Gasteiger partial charge in [-0.25, -0.2) is 14.6 Å². The van der Waals surface area contributed by atoms with Gasteiger partial charge in [0.2, 0.25) is 0 Å². The molecule has 84 valence electrons. The summed E-state index contributed by atoms with van der Waals surface area (Å²) in [6.45, 7) is 0. The van der Waals surface area contributed by atoms with Gasteiger partial charge in [-0.1, -0.05) is 30.0 Å². The molecule has 5 heteroatoms. The molecule has 2 heterocycles. The van der Waals surface area contributed by atoms with E-state index in [9.17, 15) is 0 Å². The standard InChI is InChI=1S/C12H10N4S/c1-17-12-13-7-6-11(15-12)16-10-5-3-2-4-9(10)8-14-16/h2-8H,1H3. The summed E-state index contributed by atoms with van der Waals surface area (Å²) in [7, 11) is 0. The minimum Gasteiger partial charge on any atom is -0.231 e. The number of aromatic nitrogens is 4. The van der Waals surface area contributed by atoms with Crippen LogP contribution in [0, 0.1) is 0 Å². The summed E-state index contributed by atoms with van der Waals surface area (Å²) in [5, 5.41) is 6.22. The summed E-state index contributed by atoms with van der Waals surface area (Å²) in [5.74, 6) is 0.797. The summed E-state index contributed by atoms with van der Waals surface area (Å²) < 4.78 is 1.83. The largest absolute Gasteiger partial charge is 0.231 e. The Morgan fingerprint density at radius 1 is 1.18 bits per heavy atom. The third-order valence-electron chi connectivity index (χ3n) is 2.50. The number of hydrogen-bond acceptors (Lipinski definition) is 4. The van der Waals surface area contributed by atoms with Crippen molar-refractivity contribution in [2.45, 2.75) is 5.16 Å². The van der Waals surface area contributed by atoms with Crippen molar-refractivity contribution in [1.29, 1.82) is 0 Å². The maximum atomic E-state index is 4.44. The van der Waals surface area contributed by atoms with Gasteiger partial charge in [-0.05, 0) is 12.3 Å². The van der Waals surface area contributed by atoms with E-state index in [1.54, 1.807) is 6.20 Å². The van der Waals surface area contributed by atoms with Crippen LogP contribution in [0.2, 0.25) is 0 Å². The monoisotopic (exact) mass is 242 g/mol. The molecule has 0 aliphatic heterocycles. The lowest BCUT2D eigenvalue weighted by Gasteiger charge is -2.03. The summed E-state index contributed by atoms with van der Waals surface area (Å²) in [4.78, 5) is 8.59. The maximum Gasteiger partial charge on any atom is 0.189 e. The van der Waals surface area contributed by atoms with Gasteiger partial charge in [-0.2, -0.15) is 5.10 Å². The first kappa shape index (κ1) is 10.3. The quantitative estimate of drug-likeness (QED) is 0.511. The molecule has 0 bridgehead atoms. The minimum atomic E-state index is 0.752. The fraction of sp³-hybridized carbons (Fsp3) is 0.0833. The van der Waals surface area contributed by atoms with Crippen LogP contribution in [0.3, 0.4) is 0 Å². The molecule has 0 radical (unpaired) electrons. The van der Waals surface area contributed by atoms with Crippen molar-refractivity contribution in [2.75, 3.05) is 6.26 Å². The number of para-hydroxylation sites is 1. The number of hydrogen-bond donors (Lipinski definition) is 0. The summed E-state index contributed by atoms with van der Waals surface area (Å²) in [5.41, 5.74) is 1.05. The van der Waals surface area contributed by atoms with E-state index < -0.39 is 0 Å². The molecule has 4 nitrogen and oxygen atoms in total. The lowest BCUT2D eigenvalue weighted by Crippen LogP contribution is -2.00. The predicted molar refractivity (Wildman–Crippen MR) is 68.4 cm³/mol. The molecule has 0 fully saturated rings. The highest BCUT2D eigenvalue weighted by Crippen LogP contribution is 2.17. The van der Waals surface area contributed by atoms with E-state index in [-0.39, 0.29) is 0 Å². The first-order valence-corrected chi connectivity index (χ1v) is 6.41. The van der Waals surface area contributed by atoms with Gasteiger partial charge in [-0.3, -0.25) is 0 Å². The van der Waals surface area contributed by atoms with Crippen molar-refractivity contribution in [1.82, 2.24) is 19.7 Å². The Morgan fingerprint density at radius 3 is 2.94 bits per heavy atom. The zero-order valence-corrected chi connectivity index (χ0v) is 10.1. The van der Waals surface area contributed by atoms with Gasteiger partial charge in [0.25, 0.3) is 0 Å². The molecule has 0 saturated carbocycles. The Bertz CT molecular complexity index is 662. The van der Waals surface area contributed by atoms with Gasteiger partial charge in [0.05, 0.1) is 11.7 Å². The van der Waals surface area contributed by atoms with E-state index >= 15 is 0 Å². The second-order valence-electron chi connectivity index (χ2n) is 3.52. The maximum absolute atomic E-state index is 4.44. The van der Waals surface area contributed by atoms with E-state index in [0.29, 0.717) is 0 Å². The van der Waals surface area contributed by atoms with E-state index in [0.717, 1.165) is 21.9 Å². The fourth-order valence-corrected chi connectivity index (χ4v) is 2.05. The molecule has 0 atom stereocenters. The van der Waals surface area contributed by atoms with Crippen molar-refractivity contribution >= 4 is 22.7 Å². The van der Waals surface area contributed by atoms with Gasteiger partial charge in [0, 0.05) is 17.6 Å². The topological polar surface area (TPSA) is 43.6 Å². The van der Waals surface area contributed by atoms with Gasteiger partial charge in [-0.15, -0.1) is 0 Å². The molecular formula is C12H10N4S. The minimum absolute atomic E-state index is 0.752. The Kier molecular flexibility index (Phi) is 2.53. The Labute approximate surface area is 103 Å². The first-order chi connectivity index (χ1) is 8.38. The Morgan fingerprint density at radius 2 is 2.06 bits per heavy atom. The van der Waals surface area contributed by atoms with Crippen LogP contribution in [0.5, 0.6) is 0 Å². The molecule has 0 unspecified atom stereocenters. The molecule has 0 aliphatic carbocycles. The van der Waals surface area contributed by atoms with Crippen molar-refractivity contribution in [3.8, 4) is 5.82 Å². The molecule has 0 spiro atoms. The van der Waals surface area contributed by atoms with Crippen molar-refractivity contribution in [3.63, 3.8) is 0 Å². The van der Waals surface area contributed by atoms with Crippen LogP contribution >= 0.6 is 11.8 Å². The van der Waals surface area contributed by atoms with Crippen LogP contribution < -0.4 is 0 Å². The number of fused-ring (bicyclic) bond motifs is 1. The van der Waals surface area contributed by atoms with E-state index in [1.807, 2.05) is 47.5 Å². The number of nitrogens with zero attached hydrogens (tertiary/aromatic N) is 4. The average molecular weight is 242 g/mol. The predicted octanol–water partition coefficient (Wildman–Crippen LogP) is 2.54. The van der Waals surface area contributed by atoms with Gasteiger partial charge in [0.1, 0.15) is 0 Å². The molecule has 0 amide bonds. The highest BCUT2D eigenvalue weighted by Gasteiger charge is 2.05. The van der Waals surface area contributed by atoms with E-state index in [1.165, 1.54) is 11.8 Å². The SMILES string of the molecule is CSc1nccc(-n2ncc3ccccc32)n1. The van der Waals surface area contributed by atoms with Crippen LogP contribution in [0.25, 0.3) is 16.7 Å². The van der Waals surface area contributed by atoms with Crippen molar-refractivity contribution in [3.05, 3.63) is 42.7 Å². The lowest BCUT2D eigenvalue weighted by atomic mass is 10.2. The molecule has 0 saturated heterocycles. The third kappa shape index (κ3) is 1.78. The molecule has 17 heavy (non-hydrogen) atoms. The van der Waals surface area contributed by atoms with Crippen LogP contribution in [-0.4, -0.2) is 26.0 Å². The molecule has 3 rings (SSSR count). The van der Waals surface area contributed by atoms with Crippen LogP contribution in [0.4, 0.5) is 0 Å². The van der Waals surface area contributed by atoms with Crippen LogP contribution in [0.15, 0.2) is 47.9 Å². The average Bonchev–Trinajstić information content (AvgIpc) is 2.82. The summed E-state index contributed by atoms with van der Waals surface area (Å²) >= 11 is 1.52. The van der Waals surface area contributed by atoms with Gasteiger partial charge in [0.15, 0.2) is 11.0 Å². The number of rotatable bonds is 2. The normalized spacial score (nSPS) is 10.9. The van der Waals surface area contributed by atoms with Gasteiger partial charge >= 0.3 is 0 Å². The highest BCUT2D eigenvalue weighted by molar-refractivity contribution is 7.98. The lowest BCUT2D eigenvalue weighted by molar-refractivity contribution is 0.828. The molecule has 3 aromatic rings. The second-order valence-corrected chi connectivity index (χ2v) is 4.29. The first-order valence-electron chi connectivity index (χ1n) is 5.18.